The first kappa shape index (κ1) is 15.3. The number of fused-ring (bicyclic) bond motifs is 1. The topological polar surface area (TPSA) is 75.5 Å². The Balaban J connectivity index is 2.48. The third-order valence-corrected chi connectivity index (χ3v) is 5.47. The van der Waals surface area contributed by atoms with E-state index in [1.165, 1.54) is 11.3 Å². The summed E-state index contributed by atoms with van der Waals surface area (Å²) >= 11 is 1.40. The van der Waals surface area contributed by atoms with Gasteiger partial charge in [0.2, 0.25) is 0 Å². The number of hydrogen-bond acceptors (Lipinski definition) is 5. The summed E-state index contributed by atoms with van der Waals surface area (Å²) in [6.07, 6.45) is 3.40. The van der Waals surface area contributed by atoms with Crippen LogP contribution in [-0.2, 0) is 10.0 Å². The Hall–Kier alpha value is -1.12. The molecule has 0 spiro atoms. The SMILES string of the molecule is CCCC(C)(C)NS(=O)(=O)c1c(NC)nc2sccn12. The Morgan fingerprint density at radius 2 is 2.15 bits per heavy atom. The lowest BCUT2D eigenvalue weighted by Gasteiger charge is -2.25. The fourth-order valence-electron chi connectivity index (χ4n) is 2.27. The van der Waals surface area contributed by atoms with Crippen molar-refractivity contribution in [3.05, 3.63) is 11.6 Å². The number of thiazole rings is 1. The van der Waals surface area contributed by atoms with E-state index < -0.39 is 15.6 Å². The van der Waals surface area contributed by atoms with Crippen LogP contribution in [0.25, 0.3) is 4.96 Å². The van der Waals surface area contributed by atoms with Crippen molar-refractivity contribution in [2.45, 2.75) is 44.2 Å². The molecule has 0 amide bonds. The molecule has 0 aromatic carbocycles. The molecule has 0 aliphatic carbocycles. The van der Waals surface area contributed by atoms with E-state index in [0.29, 0.717) is 10.8 Å². The van der Waals surface area contributed by atoms with Gasteiger partial charge < -0.3 is 5.32 Å². The van der Waals surface area contributed by atoms with E-state index in [4.69, 9.17) is 0 Å². The van der Waals surface area contributed by atoms with Crippen molar-refractivity contribution in [2.75, 3.05) is 12.4 Å². The molecule has 0 unspecified atom stereocenters. The van der Waals surface area contributed by atoms with E-state index in [0.717, 1.165) is 12.8 Å². The highest BCUT2D eigenvalue weighted by molar-refractivity contribution is 7.89. The summed E-state index contributed by atoms with van der Waals surface area (Å²) in [7, 11) is -1.97. The minimum atomic E-state index is -3.64. The van der Waals surface area contributed by atoms with E-state index in [-0.39, 0.29) is 5.03 Å². The fraction of sp³-hybridized carbons (Fsp3) is 0.583. The van der Waals surface area contributed by atoms with Crippen molar-refractivity contribution >= 4 is 32.1 Å². The molecule has 6 nitrogen and oxygen atoms in total. The average Bonchev–Trinajstić information content (AvgIpc) is 2.84. The molecule has 0 saturated heterocycles. The molecule has 0 atom stereocenters. The largest absolute Gasteiger partial charge is 0.371 e. The van der Waals surface area contributed by atoms with E-state index in [1.54, 1.807) is 17.6 Å². The molecule has 2 heterocycles. The molecule has 20 heavy (non-hydrogen) atoms. The van der Waals surface area contributed by atoms with Crippen LogP contribution < -0.4 is 10.0 Å². The van der Waals surface area contributed by atoms with Gasteiger partial charge in [-0.25, -0.2) is 18.1 Å². The maximum atomic E-state index is 12.7. The lowest BCUT2D eigenvalue weighted by molar-refractivity contribution is 0.417. The quantitative estimate of drug-likeness (QED) is 0.857. The highest BCUT2D eigenvalue weighted by Gasteiger charge is 2.31. The van der Waals surface area contributed by atoms with Gasteiger partial charge in [-0.2, -0.15) is 0 Å². The van der Waals surface area contributed by atoms with Crippen LogP contribution in [0.3, 0.4) is 0 Å². The lowest BCUT2D eigenvalue weighted by Crippen LogP contribution is -2.43. The second-order valence-corrected chi connectivity index (χ2v) is 7.78. The van der Waals surface area contributed by atoms with Crippen molar-refractivity contribution in [2.24, 2.45) is 0 Å². The zero-order chi connectivity index (χ0) is 15.0. The molecular formula is C12H20N4O2S2. The second-order valence-electron chi connectivity index (χ2n) is 5.31. The molecule has 0 saturated carbocycles. The van der Waals surface area contributed by atoms with Crippen molar-refractivity contribution in [3.63, 3.8) is 0 Å². The van der Waals surface area contributed by atoms with Gasteiger partial charge in [-0.1, -0.05) is 13.3 Å². The first-order chi connectivity index (χ1) is 9.30. The highest BCUT2D eigenvalue weighted by Crippen LogP contribution is 2.26. The maximum absolute atomic E-state index is 12.7. The van der Waals surface area contributed by atoms with Crippen molar-refractivity contribution in [3.8, 4) is 0 Å². The smallest absolute Gasteiger partial charge is 0.260 e. The number of hydrogen-bond donors (Lipinski definition) is 2. The molecule has 0 fully saturated rings. The highest BCUT2D eigenvalue weighted by atomic mass is 32.2. The van der Waals surface area contributed by atoms with Gasteiger partial charge in [-0.05, 0) is 20.3 Å². The fourth-order valence-corrected chi connectivity index (χ4v) is 4.78. The van der Waals surface area contributed by atoms with E-state index in [1.807, 2.05) is 26.2 Å². The van der Waals surface area contributed by atoms with Gasteiger partial charge in [0.05, 0.1) is 0 Å². The lowest BCUT2D eigenvalue weighted by atomic mass is 10.0. The number of nitrogens with zero attached hydrogens (tertiary/aromatic N) is 2. The van der Waals surface area contributed by atoms with Gasteiger partial charge in [0, 0.05) is 24.2 Å². The summed E-state index contributed by atoms with van der Waals surface area (Å²) in [5.41, 5.74) is -0.487. The summed E-state index contributed by atoms with van der Waals surface area (Å²) in [4.78, 5) is 4.94. The molecule has 2 N–H and O–H groups in total. The molecule has 0 aliphatic rings. The van der Waals surface area contributed by atoms with Crippen LogP contribution in [0, 0.1) is 0 Å². The van der Waals surface area contributed by atoms with Gasteiger partial charge in [0.15, 0.2) is 15.8 Å². The second kappa shape index (κ2) is 5.34. The van der Waals surface area contributed by atoms with Crippen molar-refractivity contribution < 1.29 is 8.42 Å². The molecule has 2 rings (SSSR count). The Labute approximate surface area is 123 Å². The third-order valence-electron chi connectivity index (χ3n) is 3.00. The van der Waals surface area contributed by atoms with Crippen molar-refractivity contribution in [1.29, 1.82) is 0 Å². The number of aromatic nitrogens is 2. The zero-order valence-electron chi connectivity index (χ0n) is 12.1. The Morgan fingerprint density at radius 1 is 1.45 bits per heavy atom. The minimum Gasteiger partial charge on any atom is -0.371 e. The van der Waals surface area contributed by atoms with E-state index >= 15 is 0 Å². The van der Waals surface area contributed by atoms with E-state index in [9.17, 15) is 8.42 Å². The predicted molar refractivity (Wildman–Crippen MR) is 81.9 cm³/mol. The normalized spacial score (nSPS) is 13.0. The first-order valence-electron chi connectivity index (χ1n) is 6.48. The Bertz CT molecular complexity index is 700. The summed E-state index contributed by atoms with van der Waals surface area (Å²) in [6.45, 7) is 5.81. The van der Waals surface area contributed by atoms with Gasteiger partial charge in [-0.15, -0.1) is 11.3 Å². The van der Waals surface area contributed by atoms with Gasteiger partial charge >= 0.3 is 0 Å². The van der Waals surface area contributed by atoms with Crippen LogP contribution in [-0.4, -0.2) is 30.4 Å². The summed E-state index contributed by atoms with van der Waals surface area (Å²) < 4.78 is 29.7. The van der Waals surface area contributed by atoms with Crippen LogP contribution in [0.4, 0.5) is 5.82 Å². The predicted octanol–water partition coefficient (Wildman–Crippen LogP) is 2.29. The molecular weight excluding hydrogens is 296 g/mol. The molecule has 0 bridgehead atoms. The number of anilines is 1. The van der Waals surface area contributed by atoms with Crippen LogP contribution in [0.1, 0.15) is 33.6 Å². The summed E-state index contributed by atoms with van der Waals surface area (Å²) in [6, 6.07) is 0. The number of imidazole rings is 1. The summed E-state index contributed by atoms with van der Waals surface area (Å²) in [5.74, 6) is 0.372. The minimum absolute atomic E-state index is 0.167. The number of sulfonamides is 1. The molecule has 0 radical (unpaired) electrons. The van der Waals surface area contributed by atoms with Gasteiger partial charge in [0.25, 0.3) is 10.0 Å². The number of rotatable bonds is 6. The molecule has 0 aliphatic heterocycles. The Morgan fingerprint density at radius 3 is 2.75 bits per heavy atom. The molecule has 112 valence electrons. The van der Waals surface area contributed by atoms with Gasteiger partial charge in [-0.3, -0.25) is 4.40 Å². The van der Waals surface area contributed by atoms with Crippen LogP contribution in [0.5, 0.6) is 0 Å². The van der Waals surface area contributed by atoms with Crippen LogP contribution in [0.2, 0.25) is 0 Å². The number of nitrogens with one attached hydrogen (secondary N) is 2. The zero-order valence-corrected chi connectivity index (χ0v) is 13.7. The average molecular weight is 316 g/mol. The third kappa shape index (κ3) is 2.82. The molecule has 8 heteroatoms. The molecule has 2 aromatic heterocycles. The first-order valence-corrected chi connectivity index (χ1v) is 8.84. The monoisotopic (exact) mass is 316 g/mol. The van der Waals surface area contributed by atoms with Crippen molar-refractivity contribution in [1.82, 2.24) is 14.1 Å². The van der Waals surface area contributed by atoms with Crippen LogP contribution in [0.15, 0.2) is 16.6 Å². The summed E-state index contributed by atoms with van der Waals surface area (Å²) in [5, 5.41) is 4.84. The molecule has 2 aromatic rings. The Kier molecular flexibility index (Phi) is 4.08. The standard InChI is InChI=1S/C12H20N4O2S2/c1-5-6-12(2,3)15-20(17,18)10-9(13-4)14-11-16(10)7-8-19-11/h7-8,13,15H,5-6H2,1-4H3. The maximum Gasteiger partial charge on any atom is 0.260 e. The van der Waals surface area contributed by atoms with Gasteiger partial charge in [0.1, 0.15) is 0 Å². The van der Waals surface area contributed by atoms with Crippen LogP contribution >= 0.6 is 11.3 Å². The van der Waals surface area contributed by atoms with E-state index in [2.05, 4.69) is 15.0 Å².